The number of H-pyrrole nitrogens is 1. The zero-order valence-corrected chi connectivity index (χ0v) is 25.6. The number of aromatic amines is 1. The molecule has 1 aliphatic carbocycles. The highest BCUT2D eigenvalue weighted by molar-refractivity contribution is 5.96. The molecule has 5 N–H and O–H groups in total. The Morgan fingerprint density at radius 3 is 2.73 bits per heavy atom. The molecule has 236 valence electrons. The number of fused-ring (bicyclic) bond motifs is 3. The molecule has 2 aromatic rings. The number of hydrogen-bond donors (Lipinski definition) is 2. The number of benzene rings is 1. The number of nitrogens with zero attached hydrogens (tertiary/aromatic N) is 1. The van der Waals surface area contributed by atoms with Crippen molar-refractivity contribution >= 4 is 34.7 Å². The summed E-state index contributed by atoms with van der Waals surface area (Å²) < 4.78 is 22.1. The molecule has 12 heteroatoms. The van der Waals surface area contributed by atoms with E-state index < -0.39 is 41.6 Å². The van der Waals surface area contributed by atoms with Crippen LogP contribution < -0.4 is 25.5 Å². The van der Waals surface area contributed by atoms with E-state index in [1.165, 1.54) is 12.0 Å². The van der Waals surface area contributed by atoms with E-state index in [2.05, 4.69) is 22.1 Å². The molecule has 1 aromatic carbocycles. The Morgan fingerprint density at radius 1 is 1.16 bits per heavy atom. The fraction of sp³-hybridized carbons (Fsp3) is 0.531. The summed E-state index contributed by atoms with van der Waals surface area (Å²) in [6.45, 7) is 2.07. The lowest BCUT2D eigenvalue weighted by molar-refractivity contribution is -0.407. The summed E-state index contributed by atoms with van der Waals surface area (Å²) in [6.07, 6.45) is 8.36. The molecule has 1 aromatic heterocycles. The van der Waals surface area contributed by atoms with E-state index in [9.17, 15) is 19.2 Å². The summed E-state index contributed by atoms with van der Waals surface area (Å²) in [6, 6.07) is 5.48. The lowest BCUT2D eigenvalue weighted by Crippen LogP contribution is -2.69. The zero-order valence-electron chi connectivity index (χ0n) is 25.6. The Balaban J connectivity index is 1.46. The van der Waals surface area contributed by atoms with Gasteiger partial charge in [-0.3, -0.25) is 9.59 Å². The molecule has 2 fully saturated rings. The number of allylic oxidation sites excluding steroid dienone is 1. The normalized spacial score (nSPS) is 28.0. The number of nitrogens with one attached hydrogen (secondary N) is 2. The molecule has 0 spiro atoms. The number of carbonyl (C=O) groups is 4. The molecule has 1 unspecified atom stereocenters. The van der Waals surface area contributed by atoms with Gasteiger partial charge in [-0.05, 0) is 44.7 Å². The second kappa shape index (κ2) is 13.2. The summed E-state index contributed by atoms with van der Waals surface area (Å²) >= 11 is 0. The predicted molar refractivity (Wildman–Crippen MR) is 157 cm³/mol. The van der Waals surface area contributed by atoms with Crippen LogP contribution in [0.1, 0.15) is 62.4 Å². The van der Waals surface area contributed by atoms with Crippen molar-refractivity contribution in [2.24, 2.45) is 5.92 Å². The number of methoxy groups -OCH3 is 2. The number of quaternary nitrogens is 1. The lowest BCUT2D eigenvalue weighted by atomic mass is 10.1. The van der Waals surface area contributed by atoms with Crippen molar-refractivity contribution in [2.45, 2.75) is 75.6 Å². The van der Waals surface area contributed by atoms with E-state index >= 15 is 0 Å². The van der Waals surface area contributed by atoms with Crippen LogP contribution in [0.4, 0.5) is 0 Å². The molecule has 1 saturated heterocycles. The van der Waals surface area contributed by atoms with Gasteiger partial charge in [-0.25, -0.2) is 9.59 Å². The topological polar surface area (TPSA) is 162 Å². The standard InChI is InChI=1S/C32H40N4O8/c1-4-43-31(40)32-17-19(32)10-8-6-5-7-9-11-23(33)29(38)36-18-21(15-26(36)28(37)35-32)44-27-16-25(30(39)42-3)34-24-14-20(41-2)12-13-22(24)27/h8,10,12-14,16,19,21,23,26H,4-7,9,11,15,17-18,33H2,1-3H3,(H,35,37)/p+2/b10-8-/t19?,21-,23+,26+,32-/m1/s1. The van der Waals surface area contributed by atoms with E-state index in [0.29, 0.717) is 35.2 Å². The van der Waals surface area contributed by atoms with E-state index in [4.69, 9.17) is 18.9 Å². The molecular weight excluding hydrogens is 568 g/mol. The van der Waals surface area contributed by atoms with Gasteiger partial charge in [0, 0.05) is 18.8 Å². The highest BCUT2D eigenvalue weighted by Gasteiger charge is 2.62. The van der Waals surface area contributed by atoms with E-state index in [1.54, 1.807) is 32.2 Å². The Morgan fingerprint density at radius 2 is 1.98 bits per heavy atom. The van der Waals surface area contributed by atoms with Gasteiger partial charge < -0.3 is 34.9 Å². The maximum atomic E-state index is 13.9. The number of rotatable bonds is 6. The number of ether oxygens (including phenoxy) is 4. The quantitative estimate of drug-likeness (QED) is 0.366. The van der Waals surface area contributed by atoms with Crippen molar-refractivity contribution in [3.8, 4) is 11.5 Å². The fourth-order valence-corrected chi connectivity index (χ4v) is 6.19. The highest BCUT2D eigenvalue weighted by Crippen LogP contribution is 2.46. The minimum absolute atomic E-state index is 0.141. The molecule has 0 radical (unpaired) electrons. The number of amides is 2. The summed E-state index contributed by atoms with van der Waals surface area (Å²) in [5.74, 6) is -0.900. The van der Waals surface area contributed by atoms with Crippen molar-refractivity contribution in [1.29, 1.82) is 0 Å². The van der Waals surface area contributed by atoms with Crippen molar-refractivity contribution in [1.82, 2.24) is 10.2 Å². The molecule has 12 nitrogen and oxygen atoms in total. The maximum absolute atomic E-state index is 13.9. The van der Waals surface area contributed by atoms with Crippen molar-refractivity contribution in [3.05, 3.63) is 42.1 Å². The Hall–Kier alpha value is -4.19. The maximum Gasteiger partial charge on any atom is 0.403 e. The van der Waals surface area contributed by atoms with Crippen molar-refractivity contribution in [3.63, 3.8) is 0 Å². The number of pyridine rings is 1. The second-order valence-corrected chi connectivity index (χ2v) is 11.7. The van der Waals surface area contributed by atoms with Crippen LogP contribution >= 0.6 is 0 Å². The van der Waals surface area contributed by atoms with Crippen LogP contribution in [0.15, 0.2) is 36.4 Å². The van der Waals surface area contributed by atoms with Crippen LogP contribution in [-0.2, 0) is 23.9 Å². The minimum Gasteiger partial charge on any atom is -0.497 e. The van der Waals surface area contributed by atoms with Gasteiger partial charge in [-0.15, -0.1) is 0 Å². The van der Waals surface area contributed by atoms with Gasteiger partial charge >= 0.3 is 11.9 Å². The second-order valence-electron chi connectivity index (χ2n) is 11.7. The van der Waals surface area contributed by atoms with E-state index in [0.717, 1.165) is 25.7 Å². The Kier molecular flexibility index (Phi) is 9.38. The summed E-state index contributed by atoms with van der Waals surface area (Å²) in [5.41, 5.74) is 3.74. The molecule has 44 heavy (non-hydrogen) atoms. The third-order valence-corrected chi connectivity index (χ3v) is 8.73. The van der Waals surface area contributed by atoms with Gasteiger partial charge in [-0.2, -0.15) is 4.98 Å². The lowest BCUT2D eigenvalue weighted by Gasteiger charge is -2.27. The monoisotopic (exact) mass is 610 g/mol. The first-order valence-corrected chi connectivity index (χ1v) is 15.3. The van der Waals surface area contributed by atoms with Crippen LogP contribution in [0.3, 0.4) is 0 Å². The number of aromatic nitrogens is 1. The SMILES string of the molecule is CCOC(=O)[C@@]12CC1/C=C\CCCCC[C@H]([NH3+])C(=O)N1C[C@H](Oc3cc(C(=O)OC)[nH+]c4cc(OC)ccc34)C[C@H]1C(=O)N2. The van der Waals surface area contributed by atoms with Crippen LogP contribution in [0.25, 0.3) is 10.9 Å². The van der Waals surface area contributed by atoms with Crippen molar-refractivity contribution < 1.29 is 48.8 Å². The molecule has 3 aliphatic rings. The molecule has 5 rings (SSSR count). The first-order valence-electron chi connectivity index (χ1n) is 15.3. The first kappa shape index (κ1) is 31.2. The van der Waals surface area contributed by atoms with Crippen LogP contribution in [-0.4, -0.2) is 79.8 Å². The van der Waals surface area contributed by atoms with Gasteiger partial charge in [-0.1, -0.05) is 18.6 Å². The summed E-state index contributed by atoms with van der Waals surface area (Å²) in [7, 11) is 2.84. The van der Waals surface area contributed by atoms with E-state index in [-0.39, 0.29) is 37.1 Å². The fourth-order valence-electron chi connectivity index (χ4n) is 6.19. The average Bonchev–Trinajstić information content (AvgIpc) is 3.55. The molecular formula is C32H42N4O8+2. The van der Waals surface area contributed by atoms with E-state index in [1.807, 2.05) is 12.1 Å². The van der Waals surface area contributed by atoms with Gasteiger partial charge in [0.2, 0.25) is 11.4 Å². The van der Waals surface area contributed by atoms with Crippen LogP contribution in [0.5, 0.6) is 11.5 Å². The number of carbonyl (C=O) groups excluding carboxylic acids is 4. The number of hydrogen-bond acceptors (Lipinski definition) is 8. The van der Waals surface area contributed by atoms with Crippen LogP contribution in [0, 0.1) is 5.92 Å². The van der Waals surface area contributed by atoms with Gasteiger partial charge in [0.25, 0.3) is 11.6 Å². The Labute approximate surface area is 256 Å². The molecule has 5 atom stereocenters. The average molecular weight is 611 g/mol. The Bertz CT molecular complexity index is 1460. The summed E-state index contributed by atoms with van der Waals surface area (Å²) in [5, 5.41) is 3.66. The molecule has 1 saturated carbocycles. The third kappa shape index (κ3) is 6.35. The van der Waals surface area contributed by atoms with Gasteiger partial charge in [0.1, 0.15) is 29.2 Å². The molecule has 3 heterocycles. The van der Waals surface area contributed by atoms with Crippen LogP contribution in [0.2, 0.25) is 0 Å². The largest absolute Gasteiger partial charge is 0.497 e. The predicted octanol–water partition coefficient (Wildman–Crippen LogP) is 1.37. The highest BCUT2D eigenvalue weighted by atomic mass is 16.5. The van der Waals surface area contributed by atoms with Gasteiger partial charge in [0.15, 0.2) is 6.04 Å². The summed E-state index contributed by atoms with van der Waals surface area (Å²) in [4.78, 5) is 57.8. The molecule has 2 amide bonds. The number of esters is 2. The van der Waals surface area contributed by atoms with Crippen molar-refractivity contribution in [2.75, 3.05) is 27.4 Å². The van der Waals surface area contributed by atoms with Gasteiger partial charge in [0.05, 0.1) is 44.9 Å². The minimum atomic E-state index is -1.15. The smallest absolute Gasteiger partial charge is 0.403 e. The molecule has 0 bridgehead atoms. The third-order valence-electron chi connectivity index (χ3n) is 8.73. The molecule has 2 aliphatic heterocycles. The zero-order chi connectivity index (χ0) is 31.4. The first-order chi connectivity index (χ1) is 21.2.